The zero-order valence-electron chi connectivity index (χ0n) is 28.9. The van der Waals surface area contributed by atoms with E-state index in [1.807, 2.05) is 0 Å². The molecule has 5 saturated carbocycles. The largest absolute Gasteiger partial charge is 0.457 e. The first kappa shape index (κ1) is 34.1. The van der Waals surface area contributed by atoms with Crippen LogP contribution in [-0.2, 0) is 23.7 Å². The van der Waals surface area contributed by atoms with E-state index in [2.05, 4.69) is 34.6 Å². The van der Waals surface area contributed by atoms with Crippen LogP contribution in [0, 0.1) is 50.7 Å². The van der Waals surface area contributed by atoms with E-state index in [9.17, 15) is 25.2 Å². The van der Waals surface area contributed by atoms with Crippen molar-refractivity contribution in [3.63, 3.8) is 0 Å². The van der Waals surface area contributed by atoms with Gasteiger partial charge in [0.25, 0.3) is 0 Å². The van der Waals surface area contributed by atoms with Gasteiger partial charge in [0.15, 0.2) is 12.4 Å². The minimum atomic E-state index is -1.27. The summed E-state index contributed by atoms with van der Waals surface area (Å²) in [5.74, 6) is 0.869. The van der Waals surface area contributed by atoms with Crippen molar-refractivity contribution in [2.45, 2.75) is 149 Å². The predicted octanol–water partition coefficient (Wildman–Crippen LogP) is 4.21. The van der Waals surface area contributed by atoms with Crippen LogP contribution >= 0.6 is 0 Å². The minimum Gasteiger partial charge on any atom is -0.457 e. The van der Waals surface area contributed by atoms with Gasteiger partial charge in [-0.1, -0.05) is 34.6 Å². The maximum Gasteiger partial charge on any atom is 0.303 e. The molecule has 9 heteroatoms. The van der Waals surface area contributed by atoms with Gasteiger partial charge >= 0.3 is 5.97 Å². The summed E-state index contributed by atoms with van der Waals surface area (Å²) in [6, 6.07) is 0. The van der Waals surface area contributed by atoms with Gasteiger partial charge in [-0.05, 0) is 111 Å². The highest BCUT2D eigenvalue weighted by atomic mass is 16.7. The quantitative estimate of drug-likeness (QED) is 0.217. The molecule has 5 aliphatic carbocycles. The molecule has 1 heterocycles. The van der Waals surface area contributed by atoms with E-state index in [0.29, 0.717) is 18.3 Å². The molecule has 14 atom stereocenters. The molecule has 258 valence electrons. The second-order valence-electron chi connectivity index (χ2n) is 17.6. The summed E-state index contributed by atoms with van der Waals surface area (Å²) in [6.45, 7) is 16.2. The normalized spacial score (nSPS) is 49.4. The van der Waals surface area contributed by atoms with Crippen LogP contribution < -0.4 is 0 Å². The van der Waals surface area contributed by atoms with Gasteiger partial charge < -0.3 is 39.4 Å². The lowest BCUT2D eigenvalue weighted by molar-refractivity contribution is -0.243. The fraction of sp³-hybridized carbons (Fsp3) is 0.972. The third-order valence-electron chi connectivity index (χ3n) is 15.0. The van der Waals surface area contributed by atoms with Crippen molar-refractivity contribution in [1.82, 2.24) is 0 Å². The SMILES string of the molecule is CC(=O)O[C@@H]([C@H]1C[C@@H](C)[C@H]2[C@H](O1)[C@H](O)[C@@]1(C)[C@@H]3CCC4C(C)(C)[C@@H](OC(CO)OCCO)CC[C@@]45C[C@@]35CC[C@]21C)C(C)(C)O. The molecule has 4 N–H and O–H groups in total. The summed E-state index contributed by atoms with van der Waals surface area (Å²) in [6.07, 6.45) is 5.20. The average molecular weight is 637 g/mol. The van der Waals surface area contributed by atoms with Gasteiger partial charge in [0.1, 0.15) is 0 Å². The summed E-state index contributed by atoms with van der Waals surface area (Å²) in [4.78, 5) is 12.0. The van der Waals surface area contributed by atoms with E-state index in [1.54, 1.807) is 13.8 Å². The first-order valence-corrected chi connectivity index (χ1v) is 17.7. The molecular formula is C36H60O9. The molecule has 0 radical (unpaired) electrons. The summed E-state index contributed by atoms with van der Waals surface area (Å²) in [5, 5.41) is 42.6. The molecule has 6 rings (SSSR count). The van der Waals surface area contributed by atoms with E-state index in [4.69, 9.17) is 18.9 Å². The first-order valence-electron chi connectivity index (χ1n) is 17.7. The zero-order chi connectivity index (χ0) is 33.0. The van der Waals surface area contributed by atoms with Crippen molar-refractivity contribution in [2.75, 3.05) is 19.8 Å². The zero-order valence-corrected chi connectivity index (χ0v) is 28.9. The van der Waals surface area contributed by atoms with E-state index in [0.717, 1.165) is 32.1 Å². The van der Waals surface area contributed by atoms with Gasteiger partial charge in [-0.2, -0.15) is 0 Å². The second kappa shape index (κ2) is 11.1. The maximum absolute atomic E-state index is 12.5. The predicted molar refractivity (Wildman–Crippen MR) is 167 cm³/mol. The van der Waals surface area contributed by atoms with Crippen LogP contribution in [0.25, 0.3) is 0 Å². The second-order valence-corrected chi connectivity index (χ2v) is 17.6. The molecule has 45 heavy (non-hydrogen) atoms. The molecule has 2 spiro atoms. The lowest BCUT2D eigenvalue weighted by atomic mass is 9.41. The highest BCUT2D eigenvalue weighted by molar-refractivity contribution is 5.66. The molecule has 0 aromatic heterocycles. The molecule has 0 amide bonds. The van der Waals surface area contributed by atoms with Gasteiger partial charge in [0.05, 0.1) is 49.8 Å². The van der Waals surface area contributed by atoms with Gasteiger partial charge in [-0.25, -0.2) is 0 Å². The van der Waals surface area contributed by atoms with E-state index < -0.39 is 36.2 Å². The number of esters is 1. The van der Waals surface area contributed by atoms with Crippen LogP contribution in [0.3, 0.4) is 0 Å². The maximum atomic E-state index is 12.5. The fourth-order valence-electron chi connectivity index (χ4n) is 13.1. The first-order chi connectivity index (χ1) is 20.9. The molecule has 0 aromatic carbocycles. The van der Waals surface area contributed by atoms with Crippen molar-refractivity contribution >= 4 is 5.97 Å². The van der Waals surface area contributed by atoms with Crippen LogP contribution in [0.5, 0.6) is 0 Å². The number of hydrogen-bond donors (Lipinski definition) is 4. The number of carbonyl (C=O) groups excluding carboxylic acids is 1. The topological polar surface area (TPSA) is 135 Å². The van der Waals surface area contributed by atoms with Crippen LogP contribution in [0.4, 0.5) is 0 Å². The minimum absolute atomic E-state index is 0.0327. The summed E-state index contributed by atoms with van der Waals surface area (Å²) in [7, 11) is 0. The molecule has 0 aromatic rings. The Balaban J connectivity index is 1.27. The van der Waals surface area contributed by atoms with Crippen LogP contribution in [0.15, 0.2) is 0 Å². The molecule has 1 aliphatic heterocycles. The van der Waals surface area contributed by atoms with Gasteiger partial charge in [0, 0.05) is 12.3 Å². The number of hydrogen-bond acceptors (Lipinski definition) is 9. The smallest absolute Gasteiger partial charge is 0.303 e. The molecule has 1 saturated heterocycles. The number of carbonyl (C=O) groups is 1. The number of fused-ring (bicyclic) bond motifs is 4. The third kappa shape index (κ3) is 4.68. The van der Waals surface area contributed by atoms with Crippen LogP contribution in [0.2, 0.25) is 0 Å². The highest BCUT2D eigenvalue weighted by Gasteiger charge is 2.84. The van der Waals surface area contributed by atoms with Crippen LogP contribution in [0.1, 0.15) is 107 Å². The van der Waals surface area contributed by atoms with Gasteiger partial charge in [0.2, 0.25) is 0 Å². The lowest BCUT2D eigenvalue weighted by Gasteiger charge is -2.63. The molecule has 0 bridgehead atoms. The molecule has 6 aliphatic rings. The van der Waals surface area contributed by atoms with Crippen molar-refractivity contribution in [3.05, 3.63) is 0 Å². The molecule has 6 fully saturated rings. The number of ether oxygens (including phenoxy) is 4. The van der Waals surface area contributed by atoms with Crippen molar-refractivity contribution in [1.29, 1.82) is 0 Å². The fourth-order valence-corrected chi connectivity index (χ4v) is 13.1. The number of rotatable bonds is 9. The Hall–Kier alpha value is -0.810. The third-order valence-corrected chi connectivity index (χ3v) is 15.0. The molecule has 9 nitrogen and oxygen atoms in total. The average Bonchev–Trinajstić information content (AvgIpc) is 3.59. The summed E-state index contributed by atoms with van der Waals surface area (Å²) < 4.78 is 24.5. The Kier molecular flexibility index (Phi) is 8.41. The van der Waals surface area contributed by atoms with Crippen molar-refractivity contribution in [3.8, 4) is 0 Å². The van der Waals surface area contributed by atoms with E-state index in [1.165, 1.54) is 19.8 Å². The van der Waals surface area contributed by atoms with Crippen LogP contribution in [-0.4, -0.2) is 88.6 Å². The summed E-state index contributed by atoms with van der Waals surface area (Å²) in [5.41, 5.74) is -1.35. The Morgan fingerprint density at radius 2 is 1.69 bits per heavy atom. The van der Waals surface area contributed by atoms with Crippen molar-refractivity contribution in [2.24, 2.45) is 50.7 Å². The molecular weight excluding hydrogens is 576 g/mol. The molecule has 2 unspecified atom stereocenters. The lowest BCUT2D eigenvalue weighted by Crippen LogP contribution is -2.60. The van der Waals surface area contributed by atoms with Gasteiger partial charge in [-0.3, -0.25) is 4.79 Å². The Bertz CT molecular complexity index is 1140. The Labute approximate surface area is 269 Å². The number of aliphatic hydroxyl groups is 4. The number of aliphatic hydroxyl groups excluding tert-OH is 3. The highest BCUT2D eigenvalue weighted by Crippen LogP contribution is 2.89. The Morgan fingerprint density at radius 1 is 1.02 bits per heavy atom. The monoisotopic (exact) mass is 636 g/mol. The Morgan fingerprint density at radius 3 is 2.31 bits per heavy atom. The van der Waals surface area contributed by atoms with E-state index in [-0.39, 0.29) is 70.9 Å². The van der Waals surface area contributed by atoms with Crippen molar-refractivity contribution < 1.29 is 44.2 Å². The standard InChI is InChI=1S/C36H60O9/c1-20-17-22(30(32(5,6)41)43-21(2)39)44-28-27(20)33(7)13-14-36-19-35(36)12-11-25(45-26(18-38)42-16-15-37)31(3,4)23(35)9-10-24(36)34(33,8)29(28)40/h20,22-30,37-38,40-41H,9-19H2,1-8H3/t20-,22-,23?,24+,25+,26?,27+,28+,29+,30+,33-,34-,35-,36+/m1/s1. The summed E-state index contributed by atoms with van der Waals surface area (Å²) >= 11 is 0. The van der Waals surface area contributed by atoms with Gasteiger partial charge in [-0.15, -0.1) is 0 Å². The van der Waals surface area contributed by atoms with E-state index >= 15 is 0 Å².